The Labute approximate surface area is 186 Å². The first-order valence-corrected chi connectivity index (χ1v) is 10.8. The van der Waals surface area contributed by atoms with Gasteiger partial charge in [0.1, 0.15) is 22.7 Å². The van der Waals surface area contributed by atoms with Crippen molar-refractivity contribution in [2.24, 2.45) is 17.6 Å². The van der Waals surface area contributed by atoms with Crippen LogP contribution in [0.2, 0.25) is 0 Å². The van der Waals surface area contributed by atoms with Gasteiger partial charge in [-0.3, -0.25) is 19.1 Å². The lowest BCUT2D eigenvalue weighted by Crippen LogP contribution is -2.49. The average molecular weight is 468 g/mol. The molecule has 5 rings (SSSR count). The second-order valence-electron chi connectivity index (χ2n) is 8.55. The molecule has 3 fully saturated rings. The van der Waals surface area contributed by atoms with Gasteiger partial charge in [-0.05, 0) is 43.4 Å². The summed E-state index contributed by atoms with van der Waals surface area (Å²) in [5, 5.41) is 7.24. The quantitative estimate of drug-likeness (QED) is 0.628. The van der Waals surface area contributed by atoms with E-state index in [1.54, 1.807) is 4.90 Å². The minimum Gasteiger partial charge on any atom is -0.364 e. The fourth-order valence-electron chi connectivity index (χ4n) is 4.55. The van der Waals surface area contributed by atoms with Crippen LogP contribution in [0, 0.1) is 17.7 Å². The Balaban J connectivity index is 1.33. The summed E-state index contributed by atoms with van der Waals surface area (Å²) in [4.78, 5) is 39.2. The Bertz CT molecular complexity index is 1120. The van der Waals surface area contributed by atoms with Gasteiger partial charge in [0.05, 0.1) is 5.52 Å². The number of carbonyl (C=O) groups excluding carboxylic acids is 3. The Morgan fingerprint density at radius 3 is 2.71 bits per heavy atom. The highest BCUT2D eigenvalue weighted by Gasteiger charge is 2.56. The van der Waals surface area contributed by atoms with E-state index in [0.717, 1.165) is 12.5 Å². The van der Waals surface area contributed by atoms with Crippen molar-refractivity contribution >= 4 is 51.8 Å². The highest BCUT2D eigenvalue weighted by molar-refractivity contribution is 6.50. The molecular weight excluding hydrogens is 448 g/mol. The van der Waals surface area contributed by atoms with Gasteiger partial charge in [0, 0.05) is 23.9 Å². The standard InChI is InChI=1S/C20H20Cl2FN5O3/c21-20(22)6-10(20)7-25-19(31)15-4-9-3-14(9)28(15)16(29)8-27-13-2-1-11(23)5-12(13)17(26-27)18(24)30/h1-2,5,9-10,14-15H,3-4,6-8H2,(H2,24,30)(H,25,31)/t9-,10-,14-,15+/m1/s1. The van der Waals surface area contributed by atoms with Crippen molar-refractivity contribution < 1.29 is 18.8 Å². The summed E-state index contributed by atoms with van der Waals surface area (Å²) >= 11 is 12.0. The molecule has 8 nitrogen and oxygen atoms in total. The molecule has 3 aliphatic rings. The van der Waals surface area contributed by atoms with Crippen LogP contribution in [0.4, 0.5) is 4.39 Å². The number of hydrogen-bond donors (Lipinski definition) is 2. The number of carbonyl (C=O) groups is 3. The fourth-order valence-corrected chi connectivity index (χ4v) is 5.07. The van der Waals surface area contributed by atoms with E-state index in [1.165, 1.54) is 16.8 Å². The number of benzene rings is 1. The number of primary amides is 1. The average Bonchev–Trinajstić information content (AvgIpc) is 3.49. The number of hydrogen-bond acceptors (Lipinski definition) is 4. The summed E-state index contributed by atoms with van der Waals surface area (Å²) in [5.41, 5.74) is 5.69. The Morgan fingerprint density at radius 1 is 1.29 bits per heavy atom. The van der Waals surface area contributed by atoms with Crippen molar-refractivity contribution in [2.45, 2.75) is 42.2 Å². The topological polar surface area (TPSA) is 110 Å². The fraction of sp³-hybridized carbons (Fsp3) is 0.500. The number of halogens is 3. The molecule has 2 aliphatic carbocycles. The van der Waals surface area contributed by atoms with Crippen molar-refractivity contribution in [3.63, 3.8) is 0 Å². The highest BCUT2D eigenvalue weighted by atomic mass is 35.5. The summed E-state index contributed by atoms with van der Waals surface area (Å²) in [5.74, 6) is -1.52. The smallest absolute Gasteiger partial charge is 0.269 e. The summed E-state index contributed by atoms with van der Waals surface area (Å²) < 4.78 is 14.2. The third-order valence-electron chi connectivity index (χ3n) is 6.40. The van der Waals surface area contributed by atoms with Gasteiger partial charge in [0.15, 0.2) is 5.69 Å². The van der Waals surface area contributed by atoms with E-state index in [4.69, 9.17) is 28.9 Å². The van der Waals surface area contributed by atoms with Crippen LogP contribution in [0.25, 0.3) is 10.9 Å². The summed E-state index contributed by atoms with van der Waals surface area (Å²) in [6.45, 7) is 0.189. The first-order chi connectivity index (χ1) is 14.7. The molecule has 3 N–H and O–H groups in total. The third kappa shape index (κ3) is 3.63. The molecule has 1 aliphatic heterocycles. The molecule has 3 amide bonds. The van der Waals surface area contributed by atoms with Crippen LogP contribution in [0.15, 0.2) is 18.2 Å². The maximum Gasteiger partial charge on any atom is 0.269 e. The van der Waals surface area contributed by atoms with E-state index in [2.05, 4.69) is 10.4 Å². The van der Waals surface area contributed by atoms with E-state index >= 15 is 0 Å². The maximum atomic E-state index is 13.7. The van der Waals surface area contributed by atoms with Gasteiger partial charge in [-0.1, -0.05) is 0 Å². The first kappa shape index (κ1) is 20.5. The van der Waals surface area contributed by atoms with Crippen molar-refractivity contribution in [3.05, 3.63) is 29.7 Å². The van der Waals surface area contributed by atoms with E-state index in [1.807, 2.05) is 0 Å². The number of nitrogens with two attached hydrogens (primary N) is 1. The van der Waals surface area contributed by atoms with Gasteiger partial charge in [0.2, 0.25) is 11.8 Å². The Morgan fingerprint density at radius 2 is 2.03 bits per heavy atom. The number of nitrogens with one attached hydrogen (secondary N) is 1. The van der Waals surface area contributed by atoms with Crippen LogP contribution in [0.3, 0.4) is 0 Å². The van der Waals surface area contributed by atoms with Gasteiger partial charge in [-0.25, -0.2) is 4.39 Å². The first-order valence-electron chi connectivity index (χ1n) is 10.1. The van der Waals surface area contributed by atoms with Crippen LogP contribution >= 0.6 is 23.2 Å². The Kier molecular flexibility index (Phi) is 4.67. The normalized spacial score (nSPS) is 27.8. The predicted octanol–water partition coefficient (Wildman–Crippen LogP) is 1.57. The van der Waals surface area contributed by atoms with Crippen LogP contribution in [0.1, 0.15) is 29.8 Å². The van der Waals surface area contributed by atoms with Crippen LogP contribution in [0.5, 0.6) is 0 Å². The third-order valence-corrected chi connectivity index (χ3v) is 7.33. The minimum absolute atomic E-state index is 0.0166. The lowest BCUT2D eigenvalue weighted by Gasteiger charge is -2.27. The molecule has 2 saturated carbocycles. The molecule has 0 unspecified atom stereocenters. The molecule has 4 atom stereocenters. The number of piperidine rings is 1. The van der Waals surface area contributed by atoms with Crippen molar-refractivity contribution in [3.8, 4) is 0 Å². The molecule has 0 radical (unpaired) electrons. The van der Waals surface area contributed by atoms with Gasteiger partial charge in [0.25, 0.3) is 5.91 Å². The lowest BCUT2D eigenvalue weighted by atomic mass is 10.1. The summed E-state index contributed by atoms with van der Waals surface area (Å²) in [6.07, 6.45) is 2.10. The molecule has 1 saturated heterocycles. The zero-order valence-electron chi connectivity index (χ0n) is 16.4. The molecule has 164 valence electrons. The predicted molar refractivity (Wildman–Crippen MR) is 111 cm³/mol. The molecule has 1 aromatic heterocycles. The van der Waals surface area contributed by atoms with Crippen molar-refractivity contribution in [1.82, 2.24) is 20.0 Å². The SMILES string of the molecule is NC(=O)c1nn(CC(=O)N2[C@@H]3C[C@@H]3C[C@H]2C(=O)NC[C@H]2CC2(Cl)Cl)c2ccc(F)cc12. The lowest BCUT2D eigenvalue weighted by molar-refractivity contribution is -0.140. The van der Waals surface area contributed by atoms with Crippen molar-refractivity contribution in [2.75, 3.05) is 6.54 Å². The zero-order valence-corrected chi connectivity index (χ0v) is 17.9. The van der Waals surface area contributed by atoms with Gasteiger partial charge in [-0.2, -0.15) is 5.10 Å². The monoisotopic (exact) mass is 467 g/mol. The van der Waals surface area contributed by atoms with E-state index in [0.29, 0.717) is 30.8 Å². The zero-order chi connectivity index (χ0) is 22.1. The number of nitrogens with zero attached hydrogens (tertiary/aromatic N) is 3. The molecule has 1 aromatic carbocycles. The summed E-state index contributed by atoms with van der Waals surface area (Å²) in [7, 11) is 0. The van der Waals surface area contributed by atoms with Gasteiger partial charge < -0.3 is 16.0 Å². The number of amides is 3. The van der Waals surface area contributed by atoms with Crippen LogP contribution in [-0.2, 0) is 16.1 Å². The molecule has 2 heterocycles. The molecule has 0 spiro atoms. The molecule has 0 bridgehead atoms. The maximum absolute atomic E-state index is 13.7. The molecule has 31 heavy (non-hydrogen) atoms. The van der Waals surface area contributed by atoms with Gasteiger partial charge >= 0.3 is 0 Å². The van der Waals surface area contributed by atoms with Crippen LogP contribution < -0.4 is 11.1 Å². The van der Waals surface area contributed by atoms with Gasteiger partial charge in [-0.15, -0.1) is 23.2 Å². The summed E-state index contributed by atoms with van der Waals surface area (Å²) in [6, 6.07) is 3.30. The number of likely N-dealkylation sites (tertiary alicyclic amines) is 1. The number of alkyl halides is 2. The van der Waals surface area contributed by atoms with E-state index in [-0.39, 0.29) is 41.4 Å². The van der Waals surface area contributed by atoms with E-state index in [9.17, 15) is 18.8 Å². The number of aromatic nitrogens is 2. The number of rotatable bonds is 6. The van der Waals surface area contributed by atoms with E-state index < -0.39 is 22.1 Å². The minimum atomic E-state index is -0.808. The number of fused-ring (bicyclic) bond motifs is 2. The largest absolute Gasteiger partial charge is 0.364 e. The molecule has 11 heteroatoms. The second-order valence-corrected chi connectivity index (χ2v) is 10.1. The highest BCUT2D eigenvalue weighted by Crippen LogP contribution is 2.53. The second kappa shape index (κ2) is 7.06. The van der Waals surface area contributed by atoms with Crippen LogP contribution in [-0.4, -0.2) is 55.4 Å². The molecule has 2 aromatic rings. The Hall–Kier alpha value is -2.39. The van der Waals surface area contributed by atoms with Crippen molar-refractivity contribution in [1.29, 1.82) is 0 Å². The molecular formula is C20H20Cl2FN5O3.